The lowest BCUT2D eigenvalue weighted by atomic mass is 10.1. The summed E-state index contributed by atoms with van der Waals surface area (Å²) in [7, 11) is 3.26. The highest BCUT2D eigenvalue weighted by Gasteiger charge is 2.29. The number of hydrogen-bond acceptors (Lipinski definition) is 4. The third kappa shape index (κ3) is 8.64. The van der Waals surface area contributed by atoms with Crippen LogP contribution < -0.4 is 20.1 Å². The van der Waals surface area contributed by atoms with Crippen molar-refractivity contribution in [2.75, 3.05) is 27.3 Å². The van der Waals surface area contributed by atoms with E-state index in [0.29, 0.717) is 18.1 Å². The largest absolute Gasteiger partial charge is 0.496 e. The van der Waals surface area contributed by atoms with Gasteiger partial charge in [0.05, 0.1) is 7.11 Å². The fraction of sp³-hybridized carbons (Fsp3) is 0.400. The second kappa shape index (κ2) is 12.5. The molecule has 166 valence electrons. The van der Waals surface area contributed by atoms with Gasteiger partial charge in [0, 0.05) is 31.9 Å². The summed E-state index contributed by atoms with van der Waals surface area (Å²) in [5.41, 5.74) is 2.69. The second-order valence-electron chi connectivity index (χ2n) is 6.28. The average Bonchev–Trinajstić information content (AvgIpc) is 2.70. The quantitative estimate of drug-likeness (QED) is 0.304. The Bertz CT molecular complexity index is 832. The minimum absolute atomic E-state index is 0. The van der Waals surface area contributed by atoms with Crippen LogP contribution in [0.5, 0.6) is 11.6 Å². The number of alkyl halides is 3. The number of rotatable bonds is 8. The van der Waals surface area contributed by atoms with Gasteiger partial charge in [0.25, 0.3) is 0 Å². The molecule has 0 saturated carbocycles. The third-order valence-electron chi connectivity index (χ3n) is 4.07. The zero-order valence-electron chi connectivity index (χ0n) is 17.0. The van der Waals surface area contributed by atoms with Gasteiger partial charge in [-0.25, -0.2) is 4.98 Å². The van der Waals surface area contributed by atoms with Gasteiger partial charge in [-0.1, -0.05) is 18.2 Å². The van der Waals surface area contributed by atoms with Gasteiger partial charge in [-0.3, -0.25) is 4.99 Å². The topological polar surface area (TPSA) is 67.8 Å². The van der Waals surface area contributed by atoms with Crippen LogP contribution in [0.1, 0.15) is 16.7 Å². The number of benzene rings is 1. The Morgan fingerprint density at radius 1 is 1.20 bits per heavy atom. The Balaban J connectivity index is 0.00000450. The van der Waals surface area contributed by atoms with Gasteiger partial charge in [0.2, 0.25) is 5.88 Å². The molecule has 2 aromatic rings. The minimum Gasteiger partial charge on any atom is -0.496 e. The van der Waals surface area contributed by atoms with E-state index < -0.39 is 12.8 Å². The molecule has 0 fully saturated rings. The Morgan fingerprint density at radius 3 is 2.63 bits per heavy atom. The fourth-order valence-corrected chi connectivity index (χ4v) is 2.58. The molecule has 1 aromatic carbocycles. The normalized spacial score (nSPS) is 11.5. The number of methoxy groups -OCH3 is 1. The van der Waals surface area contributed by atoms with Crippen molar-refractivity contribution in [1.29, 1.82) is 0 Å². The number of halogens is 4. The Morgan fingerprint density at radius 2 is 1.97 bits per heavy atom. The zero-order chi connectivity index (χ0) is 21.3. The summed E-state index contributed by atoms with van der Waals surface area (Å²) in [6.45, 7) is 1.44. The molecule has 0 radical (unpaired) electrons. The lowest BCUT2D eigenvalue weighted by Gasteiger charge is -2.15. The molecule has 0 unspecified atom stereocenters. The first-order chi connectivity index (χ1) is 13.8. The monoisotopic (exact) mass is 538 g/mol. The van der Waals surface area contributed by atoms with E-state index in [0.717, 1.165) is 23.3 Å². The van der Waals surface area contributed by atoms with E-state index in [1.807, 2.05) is 25.1 Å². The van der Waals surface area contributed by atoms with Gasteiger partial charge >= 0.3 is 6.18 Å². The molecule has 1 heterocycles. The number of nitrogens with zero attached hydrogens (tertiary/aromatic N) is 2. The smallest absolute Gasteiger partial charge is 0.422 e. The van der Waals surface area contributed by atoms with Crippen LogP contribution in [0.15, 0.2) is 41.5 Å². The van der Waals surface area contributed by atoms with E-state index in [9.17, 15) is 13.2 Å². The van der Waals surface area contributed by atoms with Crippen molar-refractivity contribution in [2.45, 2.75) is 26.1 Å². The predicted molar refractivity (Wildman–Crippen MR) is 121 cm³/mol. The number of aryl methyl sites for hydroxylation is 1. The van der Waals surface area contributed by atoms with Crippen molar-refractivity contribution in [2.24, 2.45) is 4.99 Å². The summed E-state index contributed by atoms with van der Waals surface area (Å²) in [5.74, 6) is 1.31. The maximum Gasteiger partial charge on any atom is 0.422 e. The molecule has 0 saturated heterocycles. The van der Waals surface area contributed by atoms with Crippen LogP contribution in [-0.2, 0) is 13.0 Å². The van der Waals surface area contributed by atoms with Crippen LogP contribution in [0.3, 0.4) is 0 Å². The van der Waals surface area contributed by atoms with E-state index >= 15 is 0 Å². The molecule has 6 nitrogen and oxygen atoms in total. The number of ether oxygens (including phenoxy) is 2. The fourth-order valence-electron chi connectivity index (χ4n) is 2.58. The van der Waals surface area contributed by atoms with Crippen LogP contribution >= 0.6 is 24.0 Å². The summed E-state index contributed by atoms with van der Waals surface area (Å²) in [6, 6.07) is 9.32. The Labute approximate surface area is 191 Å². The molecule has 2 N–H and O–H groups in total. The number of aliphatic imine (C=N–C) groups is 1. The van der Waals surface area contributed by atoms with Crippen molar-refractivity contribution < 1.29 is 22.6 Å². The first-order valence-corrected chi connectivity index (χ1v) is 9.04. The van der Waals surface area contributed by atoms with Crippen LogP contribution in [-0.4, -0.2) is 44.4 Å². The highest BCUT2D eigenvalue weighted by atomic mass is 127. The van der Waals surface area contributed by atoms with E-state index in [1.54, 1.807) is 26.3 Å². The van der Waals surface area contributed by atoms with Crippen molar-refractivity contribution in [3.63, 3.8) is 0 Å². The summed E-state index contributed by atoms with van der Waals surface area (Å²) in [6.07, 6.45) is -2.28. The summed E-state index contributed by atoms with van der Waals surface area (Å²) >= 11 is 0. The maximum absolute atomic E-state index is 12.4. The van der Waals surface area contributed by atoms with Gasteiger partial charge in [-0.2, -0.15) is 13.2 Å². The van der Waals surface area contributed by atoms with Gasteiger partial charge in [0.1, 0.15) is 5.75 Å². The predicted octanol–water partition coefficient (Wildman–Crippen LogP) is 3.87. The number of hydrogen-bond donors (Lipinski definition) is 2. The molecule has 0 bridgehead atoms. The van der Waals surface area contributed by atoms with Crippen molar-refractivity contribution in [3.8, 4) is 11.6 Å². The first-order valence-electron chi connectivity index (χ1n) is 9.04. The molecular weight excluding hydrogens is 512 g/mol. The molecule has 0 atom stereocenters. The van der Waals surface area contributed by atoms with Crippen LogP contribution in [0, 0.1) is 6.92 Å². The SMILES string of the molecule is CN=C(NCCc1ccc(C)c(OC)c1)NCc1cccnc1OCC(F)(F)F.I. The lowest BCUT2D eigenvalue weighted by molar-refractivity contribution is -0.154. The van der Waals surface area contributed by atoms with Crippen LogP contribution in [0.2, 0.25) is 0 Å². The second-order valence-corrected chi connectivity index (χ2v) is 6.28. The standard InChI is InChI=1S/C20H25F3N4O2.HI/c1-14-6-7-15(11-17(14)28-3)8-10-26-19(24-2)27-12-16-5-4-9-25-18(16)29-13-20(21,22)23;/h4-7,9,11H,8,10,12-13H2,1-3H3,(H2,24,26,27);1H. The molecule has 10 heteroatoms. The number of nitrogens with one attached hydrogen (secondary N) is 2. The number of aromatic nitrogens is 1. The zero-order valence-corrected chi connectivity index (χ0v) is 19.4. The molecule has 2 rings (SSSR count). The lowest BCUT2D eigenvalue weighted by Crippen LogP contribution is -2.38. The summed E-state index contributed by atoms with van der Waals surface area (Å²) in [4.78, 5) is 8.00. The van der Waals surface area contributed by atoms with Crippen molar-refractivity contribution in [3.05, 3.63) is 53.2 Å². The Kier molecular flexibility index (Phi) is 10.7. The molecule has 0 amide bonds. The minimum atomic E-state index is -4.42. The van der Waals surface area contributed by atoms with Gasteiger partial charge in [-0.15, -0.1) is 24.0 Å². The highest BCUT2D eigenvalue weighted by Crippen LogP contribution is 2.20. The summed E-state index contributed by atoms with van der Waals surface area (Å²) in [5, 5.41) is 6.23. The molecule has 0 aliphatic rings. The van der Waals surface area contributed by atoms with E-state index in [4.69, 9.17) is 9.47 Å². The highest BCUT2D eigenvalue weighted by molar-refractivity contribution is 14.0. The first kappa shape index (κ1) is 25.8. The number of pyridine rings is 1. The molecule has 0 aliphatic carbocycles. The van der Waals surface area contributed by atoms with Crippen LogP contribution in [0.25, 0.3) is 0 Å². The van der Waals surface area contributed by atoms with E-state index in [-0.39, 0.29) is 36.4 Å². The maximum atomic E-state index is 12.4. The van der Waals surface area contributed by atoms with Crippen LogP contribution in [0.4, 0.5) is 13.2 Å². The average molecular weight is 538 g/mol. The Hall–Kier alpha value is -2.24. The van der Waals surface area contributed by atoms with Crippen molar-refractivity contribution in [1.82, 2.24) is 15.6 Å². The van der Waals surface area contributed by atoms with Gasteiger partial charge in [-0.05, 0) is 36.6 Å². The molecule has 0 spiro atoms. The van der Waals surface area contributed by atoms with E-state index in [2.05, 4.69) is 20.6 Å². The van der Waals surface area contributed by atoms with Crippen molar-refractivity contribution >= 4 is 29.9 Å². The number of guanidine groups is 1. The van der Waals surface area contributed by atoms with E-state index in [1.165, 1.54) is 6.20 Å². The van der Waals surface area contributed by atoms with Gasteiger partial charge in [0.15, 0.2) is 12.6 Å². The molecular formula is C20H26F3IN4O2. The molecule has 0 aliphatic heterocycles. The van der Waals surface area contributed by atoms with Gasteiger partial charge < -0.3 is 20.1 Å². The summed E-state index contributed by atoms with van der Waals surface area (Å²) < 4.78 is 47.3. The molecule has 1 aromatic heterocycles. The molecule has 30 heavy (non-hydrogen) atoms. The third-order valence-corrected chi connectivity index (χ3v) is 4.07.